The van der Waals surface area contributed by atoms with Crippen molar-refractivity contribution < 1.29 is 4.42 Å². The number of hydrogen-bond donors (Lipinski definition) is 1. The first-order chi connectivity index (χ1) is 9.00. The number of rotatable bonds is 4. The molecule has 0 radical (unpaired) electrons. The van der Waals surface area contributed by atoms with E-state index in [0.717, 1.165) is 35.9 Å². The summed E-state index contributed by atoms with van der Waals surface area (Å²) < 4.78 is 5.13. The SMILES string of the molecule is CCCNc1cc(-c2ccoc2)nc(C(C)(C)C)n1. The Morgan fingerprint density at radius 3 is 2.63 bits per heavy atom. The summed E-state index contributed by atoms with van der Waals surface area (Å²) in [6, 6.07) is 3.88. The Morgan fingerprint density at radius 1 is 1.26 bits per heavy atom. The molecule has 4 nitrogen and oxygen atoms in total. The van der Waals surface area contributed by atoms with E-state index in [-0.39, 0.29) is 5.41 Å². The molecular weight excluding hydrogens is 238 g/mol. The van der Waals surface area contributed by atoms with Gasteiger partial charge in [-0.25, -0.2) is 9.97 Å². The average Bonchev–Trinajstić information content (AvgIpc) is 2.89. The molecule has 19 heavy (non-hydrogen) atoms. The summed E-state index contributed by atoms with van der Waals surface area (Å²) >= 11 is 0. The van der Waals surface area contributed by atoms with Crippen molar-refractivity contribution in [3.05, 3.63) is 30.5 Å². The van der Waals surface area contributed by atoms with Crippen molar-refractivity contribution in [2.24, 2.45) is 0 Å². The molecule has 0 saturated carbocycles. The number of anilines is 1. The van der Waals surface area contributed by atoms with E-state index >= 15 is 0 Å². The van der Waals surface area contributed by atoms with E-state index in [4.69, 9.17) is 4.42 Å². The van der Waals surface area contributed by atoms with Crippen LogP contribution in [0.15, 0.2) is 29.1 Å². The smallest absolute Gasteiger partial charge is 0.136 e. The molecule has 0 aromatic carbocycles. The van der Waals surface area contributed by atoms with Gasteiger partial charge in [-0.3, -0.25) is 0 Å². The molecule has 0 unspecified atom stereocenters. The monoisotopic (exact) mass is 259 g/mol. The third kappa shape index (κ3) is 3.34. The first kappa shape index (κ1) is 13.6. The number of aromatic nitrogens is 2. The van der Waals surface area contributed by atoms with Crippen LogP contribution in [0.2, 0.25) is 0 Å². The quantitative estimate of drug-likeness (QED) is 0.906. The molecule has 2 heterocycles. The summed E-state index contributed by atoms with van der Waals surface area (Å²) in [6.45, 7) is 9.39. The summed E-state index contributed by atoms with van der Waals surface area (Å²) in [6.07, 6.45) is 4.43. The summed E-state index contributed by atoms with van der Waals surface area (Å²) in [4.78, 5) is 9.24. The molecule has 0 aliphatic rings. The van der Waals surface area contributed by atoms with Crippen LogP contribution in [0, 0.1) is 0 Å². The Balaban J connectivity index is 2.43. The molecule has 0 spiro atoms. The molecule has 2 aromatic rings. The molecule has 4 heteroatoms. The fraction of sp³-hybridized carbons (Fsp3) is 0.467. The average molecular weight is 259 g/mol. The van der Waals surface area contributed by atoms with Crippen molar-refractivity contribution in [3.63, 3.8) is 0 Å². The number of nitrogens with one attached hydrogen (secondary N) is 1. The van der Waals surface area contributed by atoms with Gasteiger partial charge in [0, 0.05) is 23.6 Å². The second-order valence-corrected chi connectivity index (χ2v) is 5.65. The second kappa shape index (κ2) is 5.43. The zero-order chi connectivity index (χ0) is 13.9. The third-order valence-electron chi connectivity index (χ3n) is 2.77. The van der Waals surface area contributed by atoms with Crippen LogP contribution in [-0.2, 0) is 5.41 Å². The second-order valence-electron chi connectivity index (χ2n) is 5.65. The van der Waals surface area contributed by atoms with Crippen molar-refractivity contribution in [2.75, 3.05) is 11.9 Å². The van der Waals surface area contributed by atoms with Crippen LogP contribution in [0.1, 0.15) is 39.9 Å². The molecule has 0 saturated heterocycles. The Bertz CT molecular complexity index is 527. The van der Waals surface area contributed by atoms with Crippen LogP contribution in [-0.4, -0.2) is 16.5 Å². The van der Waals surface area contributed by atoms with E-state index in [1.54, 1.807) is 12.5 Å². The van der Waals surface area contributed by atoms with Crippen LogP contribution < -0.4 is 5.32 Å². The predicted molar refractivity (Wildman–Crippen MR) is 77.2 cm³/mol. The first-order valence-electron chi connectivity index (χ1n) is 6.66. The molecule has 1 N–H and O–H groups in total. The van der Waals surface area contributed by atoms with Crippen LogP contribution in [0.4, 0.5) is 5.82 Å². The number of furan rings is 1. The van der Waals surface area contributed by atoms with Gasteiger partial charge in [-0.05, 0) is 12.5 Å². The highest BCUT2D eigenvalue weighted by Gasteiger charge is 2.19. The van der Waals surface area contributed by atoms with Gasteiger partial charge < -0.3 is 9.73 Å². The highest BCUT2D eigenvalue weighted by molar-refractivity contribution is 5.61. The molecule has 0 bridgehead atoms. The zero-order valence-corrected chi connectivity index (χ0v) is 12.0. The Morgan fingerprint density at radius 2 is 2.05 bits per heavy atom. The molecule has 0 fully saturated rings. The van der Waals surface area contributed by atoms with E-state index in [2.05, 4.69) is 43.0 Å². The lowest BCUT2D eigenvalue weighted by Gasteiger charge is -2.18. The summed E-state index contributed by atoms with van der Waals surface area (Å²) in [5.41, 5.74) is 1.79. The van der Waals surface area contributed by atoms with Crippen molar-refractivity contribution in [1.82, 2.24) is 9.97 Å². The van der Waals surface area contributed by atoms with E-state index in [1.165, 1.54) is 0 Å². The van der Waals surface area contributed by atoms with Crippen molar-refractivity contribution in [3.8, 4) is 11.3 Å². The van der Waals surface area contributed by atoms with Gasteiger partial charge >= 0.3 is 0 Å². The van der Waals surface area contributed by atoms with Crippen LogP contribution in [0.3, 0.4) is 0 Å². The van der Waals surface area contributed by atoms with E-state index in [0.29, 0.717) is 0 Å². The van der Waals surface area contributed by atoms with Gasteiger partial charge in [-0.15, -0.1) is 0 Å². The fourth-order valence-electron chi connectivity index (χ4n) is 1.68. The lowest BCUT2D eigenvalue weighted by molar-refractivity contribution is 0.546. The van der Waals surface area contributed by atoms with Gasteiger partial charge in [0.2, 0.25) is 0 Å². The van der Waals surface area contributed by atoms with Crippen LogP contribution in [0.5, 0.6) is 0 Å². The molecular formula is C15H21N3O. The van der Waals surface area contributed by atoms with Gasteiger partial charge in [0.1, 0.15) is 11.6 Å². The number of nitrogens with zero attached hydrogens (tertiary/aromatic N) is 2. The summed E-state index contributed by atoms with van der Waals surface area (Å²) in [5.74, 6) is 1.71. The Kier molecular flexibility index (Phi) is 3.88. The van der Waals surface area contributed by atoms with E-state index < -0.39 is 0 Å². The maximum absolute atomic E-state index is 5.13. The minimum absolute atomic E-state index is 0.0810. The molecule has 102 valence electrons. The van der Waals surface area contributed by atoms with Crippen molar-refractivity contribution in [2.45, 2.75) is 39.5 Å². The van der Waals surface area contributed by atoms with Gasteiger partial charge in [-0.2, -0.15) is 0 Å². The van der Waals surface area contributed by atoms with Crippen LogP contribution >= 0.6 is 0 Å². The van der Waals surface area contributed by atoms with E-state index in [1.807, 2.05) is 12.1 Å². The van der Waals surface area contributed by atoms with Gasteiger partial charge in [-0.1, -0.05) is 27.7 Å². The molecule has 0 aliphatic heterocycles. The summed E-state index contributed by atoms with van der Waals surface area (Å²) in [7, 11) is 0. The fourth-order valence-corrected chi connectivity index (χ4v) is 1.68. The first-order valence-corrected chi connectivity index (χ1v) is 6.66. The minimum Gasteiger partial charge on any atom is -0.472 e. The van der Waals surface area contributed by atoms with Crippen LogP contribution in [0.25, 0.3) is 11.3 Å². The largest absolute Gasteiger partial charge is 0.472 e. The number of hydrogen-bond acceptors (Lipinski definition) is 4. The maximum atomic E-state index is 5.13. The normalized spacial score (nSPS) is 11.6. The van der Waals surface area contributed by atoms with Gasteiger partial charge in [0.05, 0.1) is 18.2 Å². The lowest BCUT2D eigenvalue weighted by Crippen LogP contribution is -2.18. The minimum atomic E-state index is -0.0810. The highest BCUT2D eigenvalue weighted by Crippen LogP contribution is 2.25. The van der Waals surface area contributed by atoms with Gasteiger partial charge in [0.25, 0.3) is 0 Å². The molecule has 0 atom stereocenters. The molecule has 2 rings (SSSR count). The summed E-state index contributed by atoms with van der Waals surface area (Å²) in [5, 5.41) is 3.33. The standard InChI is InChI=1S/C15H21N3O/c1-5-7-16-13-9-12(11-6-8-19-10-11)17-14(18-13)15(2,3)4/h6,8-10H,5,7H2,1-4H3,(H,16,17,18). The predicted octanol–water partition coefficient (Wildman–Crippen LogP) is 3.86. The Labute approximate surface area is 114 Å². The lowest BCUT2D eigenvalue weighted by atomic mass is 9.95. The van der Waals surface area contributed by atoms with Gasteiger partial charge in [0.15, 0.2) is 0 Å². The third-order valence-corrected chi connectivity index (χ3v) is 2.77. The zero-order valence-electron chi connectivity index (χ0n) is 12.0. The van der Waals surface area contributed by atoms with Crippen molar-refractivity contribution >= 4 is 5.82 Å². The maximum Gasteiger partial charge on any atom is 0.136 e. The van der Waals surface area contributed by atoms with Crippen molar-refractivity contribution in [1.29, 1.82) is 0 Å². The molecule has 0 amide bonds. The highest BCUT2D eigenvalue weighted by atomic mass is 16.3. The molecule has 0 aliphatic carbocycles. The van der Waals surface area contributed by atoms with E-state index in [9.17, 15) is 0 Å². The Hall–Kier alpha value is -1.84. The molecule has 2 aromatic heterocycles. The topological polar surface area (TPSA) is 51.0 Å².